The van der Waals surface area contributed by atoms with Gasteiger partial charge in [-0.3, -0.25) is 4.99 Å². The average Bonchev–Trinajstić information content (AvgIpc) is 2.46. The Morgan fingerprint density at radius 2 is 1.86 bits per heavy atom. The van der Waals surface area contributed by atoms with Crippen molar-refractivity contribution < 1.29 is 8.42 Å². The van der Waals surface area contributed by atoms with Crippen molar-refractivity contribution in [2.24, 2.45) is 16.8 Å². The van der Waals surface area contributed by atoms with Crippen LogP contribution in [0.25, 0.3) is 0 Å². The first-order valence-corrected chi connectivity index (χ1v) is 9.82. The molecule has 0 radical (unpaired) electrons. The van der Waals surface area contributed by atoms with Gasteiger partial charge in [-0.25, -0.2) is 8.42 Å². The molecule has 1 rings (SSSR count). The summed E-state index contributed by atoms with van der Waals surface area (Å²) in [5, 5.41) is 3.15. The van der Waals surface area contributed by atoms with E-state index in [0.717, 1.165) is 24.3 Å². The number of nitrogens with one attached hydrogen (secondary N) is 1. The molecule has 132 valence electrons. The molecule has 0 unspecified atom stereocenters. The van der Waals surface area contributed by atoms with Gasteiger partial charge in [0.25, 0.3) is 0 Å². The molecular weight excluding hydrogens is 413 g/mol. The fourth-order valence-corrected chi connectivity index (χ4v) is 3.53. The Morgan fingerprint density at radius 3 is 2.36 bits per heavy atom. The molecule has 1 fully saturated rings. The first-order chi connectivity index (χ1) is 9.88. The lowest BCUT2D eigenvalue weighted by Crippen LogP contribution is -2.43. The number of rotatable bonds is 6. The molecule has 7 heteroatoms. The van der Waals surface area contributed by atoms with E-state index < -0.39 is 9.84 Å². The lowest BCUT2D eigenvalue weighted by Gasteiger charge is -2.31. The van der Waals surface area contributed by atoms with Crippen LogP contribution in [0.4, 0.5) is 0 Å². The van der Waals surface area contributed by atoms with Gasteiger partial charge in [0.2, 0.25) is 0 Å². The summed E-state index contributed by atoms with van der Waals surface area (Å²) in [6.45, 7) is 5.43. The van der Waals surface area contributed by atoms with E-state index in [4.69, 9.17) is 0 Å². The molecule has 0 spiro atoms. The summed E-state index contributed by atoms with van der Waals surface area (Å²) in [4.78, 5) is 6.37. The first kappa shape index (κ1) is 21.9. The second-order valence-corrected chi connectivity index (χ2v) is 8.69. The summed E-state index contributed by atoms with van der Waals surface area (Å²) >= 11 is 0. The zero-order chi connectivity index (χ0) is 15.9. The van der Waals surface area contributed by atoms with Crippen molar-refractivity contribution in [1.29, 1.82) is 0 Å². The van der Waals surface area contributed by atoms with Crippen molar-refractivity contribution >= 4 is 39.8 Å². The van der Waals surface area contributed by atoms with E-state index in [1.807, 2.05) is 7.05 Å². The molecule has 0 bridgehead atoms. The average molecular weight is 445 g/mol. The van der Waals surface area contributed by atoms with Gasteiger partial charge in [-0.15, -0.1) is 24.0 Å². The lowest BCUT2D eigenvalue weighted by atomic mass is 9.83. The second kappa shape index (κ2) is 10.7. The monoisotopic (exact) mass is 445 g/mol. The molecular formula is C15H32IN3O2S. The molecule has 0 aromatic rings. The quantitative estimate of drug-likeness (QED) is 0.388. The second-order valence-electron chi connectivity index (χ2n) is 6.22. The molecule has 0 aliphatic heterocycles. The molecule has 1 saturated carbocycles. The van der Waals surface area contributed by atoms with Crippen LogP contribution in [0.5, 0.6) is 0 Å². The van der Waals surface area contributed by atoms with E-state index >= 15 is 0 Å². The zero-order valence-electron chi connectivity index (χ0n) is 14.3. The standard InChI is InChI=1S/C15H31N3O2S.HI/c1-5-21(19,20)11-10-17-15(16-3)18(4)12-14-8-6-13(2)7-9-14;/h13-14H,5-12H2,1-4H3,(H,16,17);1H. The third-order valence-corrected chi connectivity index (χ3v) is 6.08. The maximum absolute atomic E-state index is 11.5. The van der Waals surface area contributed by atoms with Crippen molar-refractivity contribution in [1.82, 2.24) is 10.2 Å². The van der Waals surface area contributed by atoms with Crippen LogP contribution in [-0.4, -0.2) is 58.0 Å². The molecule has 0 heterocycles. The van der Waals surface area contributed by atoms with Crippen LogP contribution in [0.2, 0.25) is 0 Å². The van der Waals surface area contributed by atoms with Crippen LogP contribution in [0, 0.1) is 11.8 Å². The van der Waals surface area contributed by atoms with Gasteiger partial charge < -0.3 is 10.2 Å². The Bertz CT molecular complexity index is 432. The fourth-order valence-electron chi connectivity index (χ4n) is 2.83. The minimum Gasteiger partial charge on any atom is -0.355 e. The predicted octanol–water partition coefficient (Wildman–Crippen LogP) is 2.37. The Hall–Kier alpha value is -0.0500. The largest absolute Gasteiger partial charge is 0.355 e. The van der Waals surface area contributed by atoms with Crippen molar-refractivity contribution in [3.63, 3.8) is 0 Å². The summed E-state index contributed by atoms with van der Waals surface area (Å²) in [5.74, 6) is 2.74. The maximum atomic E-state index is 11.5. The highest BCUT2D eigenvalue weighted by molar-refractivity contribution is 14.0. The maximum Gasteiger partial charge on any atom is 0.193 e. The van der Waals surface area contributed by atoms with Crippen LogP contribution in [-0.2, 0) is 9.84 Å². The van der Waals surface area contributed by atoms with Gasteiger partial charge in [0, 0.05) is 32.9 Å². The number of guanidine groups is 1. The number of hydrogen-bond acceptors (Lipinski definition) is 3. The molecule has 0 saturated heterocycles. The van der Waals surface area contributed by atoms with Crippen molar-refractivity contribution in [3.8, 4) is 0 Å². The van der Waals surface area contributed by atoms with E-state index in [1.165, 1.54) is 25.7 Å². The minimum atomic E-state index is -2.92. The number of nitrogens with zero attached hydrogens (tertiary/aromatic N) is 2. The molecule has 5 nitrogen and oxygen atoms in total. The van der Waals surface area contributed by atoms with Gasteiger partial charge in [-0.1, -0.05) is 26.7 Å². The molecule has 22 heavy (non-hydrogen) atoms. The first-order valence-electron chi connectivity index (χ1n) is 8.00. The van der Waals surface area contributed by atoms with Crippen molar-refractivity contribution in [2.75, 3.05) is 38.7 Å². The summed E-state index contributed by atoms with van der Waals surface area (Å²) in [6.07, 6.45) is 5.21. The zero-order valence-corrected chi connectivity index (χ0v) is 17.5. The molecule has 1 aliphatic carbocycles. The van der Waals surface area contributed by atoms with E-state index in [2.05, 4.69) is 22.1 Å². The van der Waals surface area contributed by atoms with E-state index in [1.54, 1.807) is 14.0 Å². The third-order valence-electron chi connectivity index (χ3n) is 4.38. The van der Waals surface area contributed by atoms with Gasteiger partial charge in [-0.2, -0.15) is 0 Å². The van der Waals surface area contributed by atoms with Crippen LogP contribution < -0.4 is 5.32 Å². The van der Waals surface area contributed by atoms with E-state index in [-0.39, 0.29) is 35.5 Å². The molecule has 0 aromatic heterocycles. The predicted molar refractivity (Wildman–Crippen MR) is 105 cm³/mol. The Balaban J connectivity index is 0.00000441. The summed E-state index contributed by atoms with van der Waals surface area (Å²) in [7, 11) is 0.857. The lowest BCUT2D eigenvalue weighted by molar-refractivity contribution is 0.250. The molecule has 0 aromatic carbocycles. The van der Waals surface area contributed by atoms with Crippen LogP contribution in [0.1, 0.15) is 39.5 Å². The highest BCUT2D eigenvalue weighted by atomic mass is 127. The van der Waals surface area contributed by atoms with Gasteiger partial charge in [-0.05, 0) is 24.7 Å². The SMILES string of the molecule is CCS(=O)(=O)CCNC(=NC)N(C)CC1CCC(C)CC1.I. The van der Waals surface area contributed by atoms with Gasteiger partial charge in [0.05, 0.1) is 5.75 Å². The van der Waals surface area contributed by atoms with E-state index in [0.29, 0.717) is 6.54 Å². The number of sulfone groups is 1. The molecule has 0 amide bonds. The summed E-state index contributed by atoms with van der Waals surface area (Å²) < 4.78 is 23.0. The van der Waals surface area contributed by atoms with Crippen molar-refractivity contribution in [2.45, 2.75) is 39.5 Å². The van der Waals surface area contributed by atoms with Gasteiger partial charge >= 0.3 is 0 Å². The van der Waals surface area contributed by atoms with E-state index in [9.17, 15) is 8.42 Å². The Kier molecular flexibility index (Phi) is 10.6. The molecule has 1 aliphatic rings. The third kappa shape index (κ3) is 7.99. The van der Waals surface area contributed by atoms with Crippen LogP contribution >= 0.6 is 24.0 Å². The summed E-state index contributed by atoms with van der Waals surface area (Å²) in [5.41, 5.74) is 0. The van der Waals surface area contributed by atoms with Gasteiger partial charge in [0.1, 0.15) is 0 Å². The normalized spacial score (nSPS) is 22.8. The smallest absolute Gasteiger partial charge is 0.193 e. The number of aliphatic imine (C=N–C) groups is 1. The number of hydrogen-bond donors (Lipinski definition) is 1. The minimum absolute atomic E-state index is 0. The molecule has 1 N–H and O–H groups in total. The highest BCUT2D eigenvalue weighted by Crippen LogP contribution is 2.28. The van der Waals surface area contributed by atoms with Crippen LogP contribution in [0.15, 0.2) is 4.99 Å². The number of halogens is 1. The van der Waals surface area contributed by atoms with Crippen LogP contribution in [0.3, 0.4) is 0 Å². The topological polar surface area (TPSA) is 61.8 Å². The Morgan fingerprint density at radius 1 is 1.27 bits per heavy atom. The van der Waals surface area contributed by atoms with Crippen molar-refractivity contribution in [3.05, 3.63) is 0 Å². The fraction of sp³-hybridized carbons (Fsp3) is 0.933. The molecule has 0 atom stereocenters. The highest BCUT2D eigenvalue weighted by Gasteiger charge is 2.20. The summed E-state index contributed by atoms with van der Waals surface area (Å²) in [6, 6.07) is 0. The van der Waals surface area contributed by atoms with Gasteiger partial charge in [0.15, 0.2) is 15.8 Å². The Labute approximate surface area is 153 Å².